The summed E-state index contributed by atoms with van der Waals surface area (Å²) >= 11 is 0. The molecule has 0 bridgehead atoms. The molecule has 2 aromatic rings. The normalized spacial score (nSPS) is 9.92. The van der Waals surface area contributed by atoms with Crippen molar-refractivity contribution in [3.05, 3.63) is 54.1 Å². The van der Waals surface area contributed by atoms with Crippen molar-refractivity contribution in [3.8, 4) is 11.5 Å². The maximum Gasteiger partial charge on any atom is 0.233 e. The fourth-order valence-electron chi connectivity index (χ4n) is 2.09. The van der Waals surface area contributed by atoms with Crippen LogP contribution in [0.25, 0.3) is 0 Å². The van der Waals surface area contributed by atoms with Gasteiger partial charge in [0.1, 0.15) is 17.9 Å². The first kappa shape index (κ1) is 17.3. The number of para-hydroxylation sites is 2. The summed E-state index contributed by atoms with van der Waals surface area (Å²) in [5.41, 5.74) is 1.46. The molecule has 0 aliphatic carbocycles. The maximum absolute atomic E-state index is 11.9. The number of carbonyl (C=O) groups excluding carboxylic acids is 2. The van der Waals surface area contributed by atoms with Gasteiger partial charge in [-0.25, -0.2) is 0 Å². The first-order chi connectivity index (χ1) is 11.6. The van der Waals surface area contributed by atoms with Crippen molar-refractivity contribution in [3.63, 3.8) is 0 Å². The average molecular weight is 328 g/mol. The minimum Gasteiger partial charge on any atom is -0.497 e. The first-order valence-corrected chi connectivity index (χ1v) is 7.45. The molecule has 2 aromatic carbocycles. The summed E-state index contributed by atoms with van der Waals surface area (Å²) in [6, 6.07) is 14.4. The highest BCUT2D eigenvalue weighted by Crippen LogP contribution is 2.23. The van der Waals surface area contributed by atoms with Gasteiger partial charge in [0, 0.05) is 6.54 Å². The zero-order valence-electron chi connectivity index (χ0n) is 13.7. The van der Waals surface area contributed by atoms with Crippen LogP contribution in [0.2, 0.25) is 0 Å². The lowest BCUT2D eigenvalue weighted by molar-refractivity contribution is -0.126. The molecule has 126 valence electrons. The Balaban J connectivity index is 1.81. The van der Waals surface area contributed by atoms with Gasteiger partial charge in [-0.3, -0.25) is 9.59 Å². The fraction of sp³-hybridized carbons (Fsp3) is 0.222. The van der Waals surface area contributed by atoms with Crippen LogP contribution >= 0.6 is 0 Å². The quantitative estimate of drug-likeness (QED) is 0.765. The number of nitrogens with one attached hydrogen (secondary N) is 2. The van der Waals surface area contributed by atoms with E-state index in [0.29, 0.717) is 18.0 Å². The van der Waals surface area contributed by atoms with Gasteiger partial charge in [-0.2, -0.15) is 0 Å². The van der Waals surface area contributed by atoms with Crippen molar-refractivity contribution in [2.24, 2.45) is 0 Å². The third-order valence-electron chi connectivity index (χ3n) is 3.35. The highest BCUT2D eigenvalue weighted by molar-refractivity contribution is 6.04. The molecule has 0 spiro atoms. The molecule has 0 saturated carbocycles. The molecule has 0 saturated heterocycles. The summed E-state index contributed by atoms with van der Waals surface area (Å²) < 4.78 is 10.2. The van der Waals surface area contributed by atoms with E-state index in [-0.39, 0.29) is 12.3 Å². The monoisotopic (exact) mass is 328 g/mol. The van der Waals surface area contributed by atoms with Crippen LogP contribution in [0.3, 0.4) is 0 Å². The Morgan fingerprint density at radius 1 is 0.917 bits per heavy atom. The van der Waals surface area contributed by atoms with Gasteiger partial charge in [-0.1, -0.05) is 24.3 Å². The summed E-state index contributed by atoms with van der Waals surface area (Å²) in [4.78, 5) is 23.8. The Morgan fingerprint density at radius 2 is 1.62 bits per heavy atom. The van der Waals surface area contributed by atoms with Gasteiger partial charge in [-0.05, 0) is 29.8 Å². The van der Waals surface area contributed by atoms with Gasteiger partial charge in [0.2, 0.25) is 11.8 Å². The van der Waals surface area contributed by atoms with Crippen LogP contribution in [-0.2, 0) is 16.1 Å². The lowest BCUT2D eigenvalue weighted by Gasteiger charge is -2.10. The third kappa shape index (κ3) is 5.01. The van der Waals surface area contributed by atoms with E-state index in [2.05, 4.69) is 10.6 Å². The van der Waals surface area contributed by atoms with E-state index >= 15 is 0 Å². The number of ether oxygens (including phenoxy) is 2. The van der Waals surface area contributed by atoms with E-state index in [9.17, 15) is 9.59 Å². The van der Waals surface area contributed by atoms with Crippen molar-refractivity contribution >= 4 is 17.5 Å². The molecule has 6 nitrogen and oxygen atoms in total. The van der Waals surface area contributed by atoms with E-state index in [4.69, 9.17) is 9.47 Å². The number of rotatable bonds is 7. The lowest BCUT2D eigenvalue weighted by atomic mass is 10.2. The summed E-state index contributed by atoms with van der Waals surface area (Å²) in [6.45, 7) is 0.352. The van der Waals surface area contributed by atoms with E-state index in [1.807, 2.05) is 24.3 Å². The predicted molar refractivity (Wildman–Crippen MR) is 91.1 cm³/mol. The van der Waals surface area contributed by atoms with Crippen molar-refractivity contribution in [2.75, 3.05) is 19.5 Å². The molecule has 0 atom stereocenters. The van der Waals surface area contributed by atoms with Crippen LogP contribution in [-0.4, -0.2) is 26.0 Å². The molecule has 2 amide bonds. The minimum atomic E-state index is -0.397. The minimum absolute atomic E-state index is 0.256. The molecule has 0 unspecified atom stereocenters. The van der Waals surface area contributed by atoms with Crippen LogP contribution in [0.1, 0.15) is 12.0 Å². The van der Waals surface area contributed by atoms with Gasteiger partial charge in [-0.15, -0.1) is 0 Å². The van der Waals surface area contributed by atoms with Crippen LogP contribution < -0.4 is 20.1 Å². The van der Waals surface area contributed by atoms with Crippen molar-refractivity contribution in [1.82, 2.24) is 5.32 Å². The second-order valence-electron chi connectivity index (χ2n) is 5.05. The lowest BCUT2D eigenvalue weighted by Crippen LogP contribution is -2.27. The van der Waals surface area contributed by atoms with Crippen LogP contribution in [0.15, 0.2) is 48.5 Å². The Morgan fingerprint density at radius 3 is 2.29 bits per heavy atom. The molecular formula is C18H20N2O4. The Labute approximate surface area is 140 Å². The molecule has 0 radical (unpaired) electrons. The molecular weight excluding hydrogens is 308 g/mol. The van der Waals surface area contributed by atoms with E-state index < -0.39 is 5.91 Å². The molecule has 0 heterocycles. The maximum atomic E-state index is 11.9. The summed E-state index contributed by atoms with van der Waals surface area (Å²) in [7, 11) is 3.11. The van der Waals surface area contributed by atoms with Gasteiger partial charge in [0.05, 0.1) is 19.9 Å². The molecule has 2 rings (SSSR count). The number of methoxy groups -OCH3 is 2. The molecule has 6 heteroatoms. The molecule has 24 heavy (non-hydrogen) atoms. The zero-order valence-corrected chi connectivity index (χ0v) is 13.7. The number of anilines is 1. The Bertz CT molecular complexity index is 698. The first-order valence-electron chi connectivity index (χ1n) is 7.45. The topological polar surface area (TPSA) is 76.7 Å². The van der Waals surface area contributed by atoms with Gasteiger partial charge < -0.3 is 20.1 Å². The summed E-state index contributed by atoms with van der Waals surface area (Å²) in [6.07, 6.45) is -0.256. The molecule has 2 N–H and O–H groups in total. The number of hydrogen-bond acceptors (Lipinski definition) is 4. The highest BCUT2D eigenvalue weighted by Gasteiger charge is 2.11. The standard InChI is InChI=1S/C18H20N2O4/c1-23-14-9-7-13(8-10-14)12-19-17(21)11-18(22)20-15-5-3-4-6-16(15)24-2/h3-10H,11-12H2,1-2H3,(H,19,21)(H,20,22). The highest BCUT2D eigenvalue weighted by atomic mass is 16.5. The average Bonchev–Trinajstić information content (AvgIpc) is 2.60. The van der Waals surface area contributed by atoms with Crippen LogP contribution in [0.4, 0.5) is 5.69 Å². The number of hydrogen-bond donors (Lipinski definition) is 2. The number of benzene rings is 2. The van der Waals surface area contributed by atoms with Crippen molar-refractivity contribution in [1.29, 1.82) is 0 Å². The molecule has 0 aliphatic heterocycles. The second-order valence-corrected chi connectivity index (χ2v) is 5.05. The fourth-order valence-corrected chi connectivity index (χ4v) is 2.09. The Kier molecular flexibility index (Phi) is 6.19. The zero-order chi connectivity index (χ0) is 17.4. The molecule has 0 fully saturated rings. The van der Waals surface area contributed by atoms with Crippen LogP contribution in [0, 0.1) is 0 Å². The third-order valence-corrected chi connectivity index (χ3v) is 3.35. The van der Waals surface area contributed by atoms with Gasteiger partial charge in [0.25, 0.3) is 0 Å². The van der Waals surface area contributed by atoms with E-state index in [1.54, 1.807) is 31.4 Å². The molecule has 0 aromatic heterocycles. The summed E-state index contributed by atoms with van der Waals surface area (Å²) in [5, 5.41) is 5.37. The van der Waals surface area contributed by atoms with E-state index in [1.165, 1.54) is 7.11 Å². The van der Waals surface area contributed by atoms with Gasteiger partial charge >= 0.3 is 0 Å². The summed E-state index contributed by atoms with van der Waals surface area (Å²) in [5.74, 6) is 0.552. The van der Waals surface area contributed by atoms with Crippen molar-refractivity contribution < 1.29 is 19.1 Å². The van der Waals surface area contributed by atoms with Gasteiger partial charge in [0.15, 0.2) is 0 Å². The van der Waals surface area contributed by atoms with Crippen molar-refractivity contribution in [2.45, 2.75) is 13.0 Å². The molecule has 0 aliphatic rings. The largest absolute Gasteiger partial charge is 0.497 e. The number of carbonyl (C=O) groups is 2. The van der Waals surface area contributed by atoms with Crippen LogP contribution in [0.5, 0.6) is 11.5 Å². The second kappa shape index (κ2) is 8.57. The smallest absolute Gasteiger partial charge is 0.233 e. The predicted octanol–water partition coefficient (Wildman–Crippen LogP) is 2.35. The SMILES string of the molecule is COc1ccc(CNC(=O)CC(=O)Nc2ccccc2OC)cc1. The van der Waals surface area contributed by atoms with E-state index in [0.717, 1.165) is 11.3 Å². The number of amides is 2. The Hall–Kier alpha value is -3.02.